The van der Waals surface area contributed by atoms with Crippen LogP contribution >= 0.6 is 0 Å². The molecule has 0 bridgehead atoms. The fraction of sp³-hybridized carbons (Fsp3) is 0.250. The van der Waals surface area contributed by atoms with Crippen molar-refractivity contribution in [3.8, 4) is 11.6 Å². The van der Waals surface area contributed by atoms with Gasteiger partial charge in [0.05, 0.1) is 5.69 Å². The molecule has 170 valence electrons. The first-order valence-corrected chi connectivity index (χ1v) is 10.5. The molecule has 1 aromatic carbocycles. The molecule has 3 heterocycles. The van der Waals surface area contributed by atoms with E-state index in [2.05, 4.69) is 20.4 Å². The molecular formula is C24H24FN5O3. The largest absolute Gasteiger partial charge is 0.439 e. The summed E-state index contributed by atoms with van der Waals surface area (Å²) in [5, 5.41) is 8.10. The standard InChI is InChI=1S/C24H24FN5O3/c1-14-19(23(32)28-22-21(14)15(2)29-30(22)3)9-10-20(31)27-13-16-6-5-11-26-24(16)33-18-8-4-7-17(25)12-18/h4-8,11-12H,9-10,13H2,1-3H3,(H,27,31)(H,28,32). The number of nitrogens with one attached hydrogen (secondary N) is 2. The molecule has 4 rings (SSSR count). The van der Waals surface area contributed by atoms with Gasteiger partial charge in [-0.25, -0.2) is 9.37 Å². The Hall–Kier alpha value is -4.01. The third-order valence-corrected chi connectivity index (χ3v) is 5.49. The van der Waals surface area contributed by atoms with E-state index in [0.717, 1.165) is 16.6 Å². The number of hydrogen-bond acceptors (Lipinski definition) is 5. The Morgan fingerprint density at radius 1 is 1.24 bits per heavy atom. The summed E-state index contributed by atoms with van der Waals surface area (Å²) in [5.41, 5.74) is 3.35. The molecule has 0 atom stereocenters. The van der Waals surface area contributed by atoms with Crippen molar-refractivity contribution >= 4 is 16.9 Å². The van der Waals surface area contributed by atoms with Gasteiger partial charge in [-0.3, -0.25) is 14.3 Å². The Labute approximate surface area is 189 Å². The number of benzene rings is 1. The molecule has 0 spiro atoms. The van der Waals surface area contributed by atoms with Crippen LogP contribution in [-0.4, -0.2) is 25.7 Å². The first-order valence-electron chi connectivity index (χ1n) is 10.5. The average Bonchev–Trinajstić information content (AvgIpc) is 3.06. The highest BCUT2D eigenvalue weighted by molar-refractivity contribution is 5.83. The van der Waals surface area contributed by atoms with E-state index in [-0.39, 0.29) is 30.3 Å². The molecule has 0 aliphatic rings. The molecule has 2 N–H and O–H groups in total. The minimum absolute atomic E-state index is 0.148. The van der Waals surface area contributed by atoms with Gasteiger partial charge in [0.15, 0.2) is 0 Å². The number of H-pyrrole nitrogens is 1. The Bertz CT molecular complexity index is 1390. The zero-order valence-corrected chi connectivity index (χ0v) is 18.6. The molecule has 1 amide bonds. The summed E-state index contributed by atoms with van der Waals surface area (Å²) in [7, 11) is 1.78. The van der Waals surface area contributed by atoms with E-state index in [9.17, 15) is 14.0 Å². The van der Waals surface area contributed by atoms with Crippen molar-refractivity contribution in [2.75, 3.05) is 0 Å². The van der Waals surface area contributed by atoms with Crippen molar-refractivity contribution in [2.24, 2.45) is 7.05 Å². The Morgan fingerprint density at radius 3 is 2.85 bits per heavy atom. The summed E-state index contributed by atoms with van der Waals surface area (Å²) in [6.07, 6.45) is 2.01. The van der Waals surface area contributed by atoms with Crippen LogP contribution < -0.4 is 15.6 Å². The summed E-state index contributed by atoms with van der Waals surface area (Å²) < 4.78 is 20.8. The minimum atomic E-state index is -0.414. The number of nitrogens with zero attached hydrogens (tertiary/aromatic N) is 3. The van der Waals surface area contributed by atoms with Crippen molar-refractivity contribution in [3.63, 3.8) is 0 Å². The molecule has 8 nitrogen and oxygen atoms in total. The lowest BCUT2D eigenvalue weighted by atomic mass is 10.0. The predicted octanol–water partition coefficient (Wildman–Crippen LogP) is 3.45. The van der Waals surface area contributed by atoms with Crippen LogP contribution in [0.1, 0.15) is 28.8 Å². The van der Waals surface area contributed by atoms with Crippen LogP contribution in [0.2, 0.25) is 0 Å². The van der Waals surface area contributed by atoms with Crippen molar-refractivity contribution in [1.82, 2.24) is 25.1 Å². The number of hydrogen-bond donors (Lipinski definition) is 2. The number of carbonyl (C=O) groups excluding carboxylic acids is 1. The Kier molecular flexibility index (Phi) is 6.21. The minimum Gasteiger partial charge on any atom is -0.439 e. The number of halogens is 1. The first-order chi connectivity index (χ1) is 15.8. The van der Waals surface area contributed by atoms with Crippen LogP contribution in [0.4, 0.5) is 4.39 Å². The van der Waals surface area contributed by atoms with E-state index >= 15 is 0 Å². The number of ether oxygens (including phenoxy) is 1. The van der Waals surface area contributed by atoms with E-state index in [4.69, 9.17) is 4.74 Å². The molecule has 0 aliphatic carbocycles. The molecule has 0 aliphatic heterocycles. The fourth-order valence-electron chi connectivity index (χ4n) is 3.87. The number of aryl methyl sites for hydroxylation is 3. The highest BCUT2D eigenvalue weighted by atomic mass is 19.1. The van der Waals surface area contributed by atoms with E-state index in [0.29, 0.717) is 28.9 Å². The van der Waals surface area contributed by atoms with Crippen LogP contribution in [0.3, 0.4) is 0 Å². The molecule has 0 saturated carbocycles. The number of amides is 1. The first kappa shape index (κ1) is 22.2. The highest BCUT2D eigenvalue weighted by Gasteiger charge is 2.16. The maximum Gasteiger partial charge on any atom is 0.253 e. The van der Waals surface area contributed by atoms with Gasteiger partial charge in [-0.1, -0.05) is 12.1 Å². The van der Waals surface area contributed by atoms with Crippen LogP contribution in [-0.2, 0) is 24.8 Å². The molecule has 0 unspecified atom stereocenters. The monoisotopic (exact) mass is 449 g/mol. The second-order valence-electron chi connectivity index (χ2n) is 7.79. The SMILES string of the molecule is Cc1nn(C)c2[nH]c(=O)c(CCC(=O)NCc3cccnc3Oc3cccc(F)c3)c(C)c12. The van der Waals surface area contributed by atoms with Crippen molar-refractivity contribution < 1.29 is 13.9 Å². The number of carbonyl (C=O) groups is 1. The van der Waals surface area contributed by atoms with E-state index < -0.39 is 5.82 Å². The van der Waals surface area contributed by atoms with Gasteiger partial charge < -0.3 is 15.0 Å². The highest BCUT2D eigenvalue weighted by Crippen LogP contribution is 2.24. The summed E-state index contributed by atoms with van der Waals surface area (Å²) in [4.78, 5) is 32.1. The van der Waals surface area contributed by atoms with Gasteiger partial charge >= 0.3 is 0 Å². The second kappa shape index (κ2) is 9.23. The summed E-state index contributed by atoms with van der Waals surface area (Å²) in [6, 6.07) is 9.26. The Morgan fingerprint density at radius 2 is 2.06 bits per heavy atom. The second-order valence-corrected chi connectivity index (χ2v) is 7.79. The van der Waals surface area contributed by atoms with E-state index in [1.807, 2.05) is 13.8 Å². The maximum absolute atomic E-state index is 13.4. The average molecular weight is 449 g/mol. The molecular weight excluding hydrogens is 425 g/mol. The van der Waals surface area contributed by atoms with Crippen molar-refractivity contribution in [1.29, 1.82) is 0 Å². The Balaban J connectivity index is 1.42. The van der Waals surface area contributed by atoms with Gasteiger partial charge in [0.25, 0.3) is 5.56 Å². The van der Waals surface area contributed by atoms with Crippen molar-refractivity contribution in [3.05, 3.63) is 81.2 Å². The zero-order valence-electron chi connectivity index (χ0n) is 18.6. The number of rotatable bonds is 7. The lowest BCUT2D eigenvalue weighted by Crippen LogP contribution is -2.25. The van der Waals surface area contributed by atoms with Crippen LogP contribution in [0.5, 0.6) is 11.6 Å². The topological polar surface area (TPSA) is 102 Å². The summed E-state index contributed by atoms with van der Waals surface area (Å²) in [5.74, 6) is -0.0224. The molecule has 33 heavy (non-hydrogen) atoms. The van der Waals surface area contributed by atoms with Gasteiger partial charge in [-0.2, -0.15) is 5.10 Å². The zero-order chi connectivity index (χ0) is 23.5. The van der Waals surface area contributed by atoms with Gasteiger partial charge in [0.2, 0.25) is 11.8 Å². The number of fused-ring (bicyclic) bond motifs is 1. The van der Waals surface area contributed by atoms with Gasteiger partial charge in [0, 0.05) is 48.8 Å². The molecule has 9 heteroatoms. The lowest BCUT2D eigenvalue weighted by molar-refractivity contribution is -0.121. The van der Waals surface area contributed by atoms with Crippen LogP contribution in [0, 0.1) is 19.7 Å². The van der Waals surface area contributed by atoms with Crippen LogP contribution in [0.25, 0.3) is 11.0 Å². The van der Waals surface area contributed by atoms with Gasteiger partial charge in [-0.05, 0) is 44.0 Å². The van der Waals surface area contributed by atoms with Gasteiger partial charge in [0.1, 0.15) is 17.2 Å². The third-order valence-electron chi connectivity index (χ3n) is 5.49. The fourth-order valence-corrected chi connectivity index (χ4v) is 3.87. The summed E-state index contributed by atoms with van der Waals surface area (Å²) >= 11 is 0. The number of aromatic amines is 1. The van der Waals surface area contributed by atoms with Crippen LogP contribution in [0.15, 0.2) is 47.4 Å². The van der Waals surface area contributed by atoms with E-state index in [1.54, 1.807) is 42.2 Å². The summed E-state index contributed by atoms with van der Waals surface area (Å²) in [6.45, 7) is 3.96. The third kappa shape index (κ3) is 4.77. The molecule has 3 aromatic heterocycles. The molecule has 4 aromatic rings. The quantitative estimate of drug-likeness (QED) is 0.450. The number of aromatic nitrogens is 4. The van der Waals surface area contributed by atoms with E-state index in [1.165, 1.54) is 12.1 Å². The number of pyridine rings is 2. The molecule has 0 radical (unpaired) electrons. The normalized spacial score (nSPS) is 11.0. The smallest absolute Gasteiger partial charge is 0.253 e. The molecule has 0 saturated heterocycles. The molecule has 0 fully saturated rings. The predicted molar refractivity (Wildman–Crippen MR) is 122 cm³/mol. The van der Waals surface area contributed by atoms with Crippen molar-refractivity contribution in [2.45, 2.75) is 33.2 Å². The van der Waals surface area contributed by atoms with Gasteiger partial charge in [-0.15, -0.1) is 0 Å². The maximum atomic E-state index is 13.4. The lowest BCUT2D eigenvalue weighted by Gasteiger charge is -2.11.